The summed E-state index contributed by atoms with van der Waals surface area (Å²) in [4.78, 5) is 2.49. The highest BCUT2D eigenvalue weighted by atomic mass is 16.5. The third kappa shape index (κ3) is 1.69. The van der Waals surface area contributed by atoms with E-state index in [0.29, 0.717) is 12.1 Å². The van der Waals surface area contributed by atoms with E-state index in [2.05, 4.69) is 30.0 Å². The molecule has 3 heteroatoms. The van der Waals surface area contributed by atoms with Crippen LogP contribution in [0.4, 0.5) is 0 Å². The van der Waals surface area contributed by atoms with Gasteiger partial charge >= 0.3 is 0 Å². The van der Waals surface area contributed by atoms with E-state index in [1.54, 1.807) is 0 Å². The van der Waals surface area contributed by atoms with Crippen molar-refractivity contribution in [2.75, 3.05) is 6.54 Å². The van der Waals surface area contributed by atoms with Crippen molar-refractivity contribution in [3.8, 4) is 0 Å². The molecule has 0 unspecified atom stereocenters. The van der Waals surface area contributed by atoms with Gasteiger partial charge < -0.3 is 4.52 Å². The second kappa shape index (κ2) is 3.73. The Balaban J connectivity index is 2.17. The Morgan fingerprint density at radius 2 is 2.36 bits per heavy atom. The molecule has 1 aromatic heterocycles. The van der Waals surface area contributed by atoms with Crippen LogP contribution in [0.5, 0.6) is 0 Å². The van der Waals surface area contributed by atoms with E-state index in [-0.39, 0.29) is 0 Å². The fraction of sp³-hybridized carbons (Fsp3) is 0.727. The van der Waals surface area contributed by atoms with Crippen LogP contribution in [0, 0.1) is 6.92 Å². The van der Waals surface area contributed by atoms with Gasteiger partial charge in [-0.1, -0.05) is 5.16 Å². The predicted molar refractivity (Wildman–Crippen MR) is 55.1 cm³/mol. The molecule has 1 aliphatic rings. The third-order valence-corrected chi connectivity index (χ3v) is 2.93. The molecule has 0 aliphatic carbocycles. The van der Waals surface area contributed by atoms with Gasteiger partial charge in [-0.25, -0.2) is 0 Å². The maximum absolute atomic E-state index is 5.34. The Hall–Kier alpha value is -0.830. The lowest BCUT2D eigenvalue weighted by Gasteiger charge is -2.26. The first-order chi connectivity index (χ1) is 6.68. The van der Waals surface area contributed by atoms with Crippen molar-refractivity contribution in [1.29, 1.82) is 0 Å². The molecule has 1 atom stereocenters. The average Bonchev–Trinajstić information content (AvgIpc) is 2.70. The minimum atomic E-state index is 0.455. The Kier molecular flexibility index (Phi) is 2.59. The second-order valence-electron chi connectivity index (χ2n) is 4.36. The van der Waals surface area contributed by atoms with Gasteiger partial charge in [-0.05, 0) is 40.2 Å². The topological polar surface area (TPSA) is 29.3 Å². The van der Waals surface area contributed by atoms with Crippen LogP contribution in [0.1, 0.15) is 44.2 Å². The zero-order valence-corrected chi connectivity index (χ0v) is 9.16. The fourth-order valence-electron chi connectivity index (χ4n) is 2.25. The molecular weight excluding hydrogens is 176 g/mol. The quantitative estimate of drug-likeness (QED) is 0.724. The van der Waals surface area contributed by atoms with Crippen LogP contribution in [0.25, 0.3) is 0 Å². The van der Waals surface area contributed by atoms with Crippen LogP contribution in [-0.4, -0.2) is 22.6 Å². The summed E-state index contributed by atoms with van der Waals surface area (Å²) in [7, 11) is 0. The number of likely N-dealkylation sites (tertiary alicyclic amines) is 1. The fourth-order valence-corrected chi connectivity index (χ4v) is 2.25. The first-order valence-corrected chi connectivity index (χ1v) is 5.37. The van der Waals surface area contributed by atoms with Crippen LogP contribution in [-0.2, 0) is 0 Å². The molecule has 2 heterocycles. The van der Waals surface area contributed by atoms with Gasteiger partial charge in [-0.2, -0.15) is 0 Å². The average molecular weight is 194 g/mol. The molecule has 1 saturated heterocycles. The summed E-state index contributed by atoms with van der Waals surface area (Å²) in [5.74, 6) is 1.04. The molecule has 0 amide bonds. The summed E-state index contributed by atoms with van der Waals surface area (Å²) < 4.78 is 5.34. The number of aryl methyl sites for hydroxylation is 1. The van der Waals surface area contributed by atoms with E-state index in [1.165, 1.54) is 19.4 Å². The van der Waals surface area contributed by atoms with Crippen molar-refractivity contribution in [1.82, 2.24) is 10.1 Å². The zero-order valence-electron chi connectivity index (χ0n) is 9.16. The SMILES string of the molecule is Cc1cc([C@H]2CCCN2C(C)C)on1. The highest BCUT2D eigenvalue weighted by molar-refractivity contribution is 5.09. The largest absolute Gasteiger partial charge is 0.359 e. The van der Waals surface area contributed by atoms with Gasteiger partial charge in [0.1, 0.15) is 0 Å². The summed E-state index contributed by atoms with van der Waals surface area (Å²) >= 11 is 0. The van der Waals surface area contributed by atoms with Crippen molar-refractivity contribution in [3.05, 3.63) is 17.5 Å². The highest BCUT2D eigenvalue weighted by Gasteiger charge is 2.30. The summed E-state index contributed by atoms with van der Waals surface area (Å²) in [6.07, 6.45) is 2.47. The van der Waals surface area contributed by atoms with E-state index in [1.807, 2.05) is 6.92 Å². The minimum Gasteiger partial charge on any atom is -0.359 e. The Morgan fingerprint density at radius 3 is 2.93 bits per heavy atom. The van der Waals surface area contributed by atoms with Crippen molar-refractivity contribution < 1.29 is 4.52 Å². The predicted octanol–water partition coefficient (Wildman–Crippen LogP) is 2.53. The summed E-state index contributed by atoms with van der Waals surface area (Å²) in [5, 5.41) is 3.95. The van der Waals surface area contributed by atoms with Gasteiger partial charge in [-0.15, -0.1) is 0 Å². The molecule has 1 aromatic rings. The first kappa shape index (κ1) is 9.71. The van der Waals surface area contributed by atoms with Crippen LogP contribution >= 0.6 is 0 Å². The van der Waals surface area contributed by atoms with Crippen molar-refractivity contribution >= 4 is 0 Å². The first-order valence-electron chi connectivity index (χ1n) is 5.37. The molecule has 1 fully saturated rings. The monoisotopic (exact) mass is 194 g/mol. The van der Waals surface area contributed by atoms with Crippen LogP contribution in [0.3, 0.4) is 0 Å². The van der Waals surface area contributed by atoms with Gasteiger partial charge in [0.05, 0.1) is 11.7 Å². The second-order valence-corrected chi connectivity index (χ2v) is 4.36. The summed E-state index contributed by atoms with van der Waals surface area (Å²) in [6.45, 7) is 7.63. The molecule has 0 bridgehead atoms. The molecule has 1 aliphatic heterocycles. The number of nitrogens with zero attached hydrogens (tertiary/aromatic N) is 2. The van der Waals surface area contributed by atoms with Crippen LogP contribution in [0.15, 0.2) is 10.6 Å². The molecular formula is C11H18N2O. The van der Waals surface area contributed by atoms with E-state index < -0.39 is 0 Å². The Morgan fingerprint density at radius 1 is 1.57 bits per heavy atom. The van der Waals surface area contributed by atoms with Crippen molar-refractivity contribution in [2.24, 2.45) is 0 Å². The molecule has 0 radical (unpaired) electrons. The molecule has 0 saturated carbocycles. The van der Waals surface area contributed by atoms with Crippen LogP contribution < -0.4 is 0 Å². The smallest absolute Gasteiger partial charge is 0.154 e. The maximum Gasteiger partial charge on any atom is 0.154 e. The van der Waals surface area contributed by atoms with E-state index >= 15 is 0 Å². The molecule has 0 aromatic carbocycles. The van der Waals surface area contributed by atoms with Crippen molar-refractivity contribution in [2.45, 2.75) is 45.7 Å². The minimum absolute atomic E-state index is 0.455. The molecule has 78 valence electrons. The maximum atomic E-state index is 5.34. The normalized spacial score (nSPS) is 23.6. The summed E-state index contributed by atoms with van der Waals surface area (Å²) in [5.41, 5.74) is 0.982. The van der Waals surface area contributed by atoms with Gasteiger partial charge in [-0.3, -0.25) is 4.90 Å². The molecule has 0 N–H and O–H groups in total. The molecule has 2 rings (SSSR count). The lowest BCUT2D eigenvalue weighted by molar-refractivity contribution is 0.175. The van der Waals surface area contributed by atoms with E-state index in [0.717, 1.165) is 11.5 Å². The molecule has 14 heavy (non-hydrogen) atoms. The lowest BCUT2D eigenvalue weighted by Crippen LogP contribution is -2.29. The number of rotatable bonds is 2. The standard InChI is InChI=1S/C11H18N2O/c1-8(2)13-6-4-5-10(13)11-7-9(3)12-14-11/h7-8,10H,4-6H2,1-3H3/t10-/m1/s1. The molecule has 0 spiro atoms. The highest BCUT2D eigenvalue weighted by Crippen LogP contribution is 2.33. The zero-order chi connectivity index (χ0) is 10.1. The van der Waals surface area contributed by atoms with Gasteiger partial charge in [0, 0.05) is 12.1 Å². The molecule has 3 nitrogen and oxygen atoms in total. The van der Waals surface area contributed by atoms with Crippen molar-refractivity contribution in [3.63, 3.8) is 0 Å². The summed E-state index contributed by atoms with van der Waals surface area (Å²) in [6, 6.07) is 3.11. The van der Waals surface area contributed by atoms with E-state index in [4.69, 9.17) is 4.52 Å². The van der Waals surface area contributed by atoms with E-state index in [9.17, 15) is 0 Å². The Labute approximate surface area is 85.1 Å². The van der Waals surface area contributed by atoms with Crippen LogP contribution in [0.2, 0.25) is 0 Å². The number of hydrogen-bond donors (Lipinski definition) is 0. The van der Waals surface area contributed by atoms with Gasteiger partial charge in [0.2, 0.25) is 0 Å². The van der Waals surface area contributed by atoms with Gasteiger partial charge in [0.15, 0.2) is 5.76 Å². The number of aromatic nitrogens is 1. The third-order valence-electron chi connectivity index (χ3n) is 2.93. The lowest BCUT2D eigenvalue weighted by atomic mass is 10.1. The van der Waals surface area contributed by atoms with Gasteiger partial charge in [0.25, 0.3) is 0 Å². The number of hydrogen-bond acceptors (Lipinski definition) is 3. The Bertz CT molecular complexity index is 306.